The Morgan fingerprint density at radius 3 is 2.59 bits per heavy atom. The molecule has 0 saturated carbocycles. The summed E-state index contributed by atoms with van der Waals surface area (Å²) in [6.07, 6.45) is 0.687. The molecule has 2 aromatic heterocycles. The highest BCUT2D eigenvalue weighted by atomic mass is 16.1. The Morgan fingerprint density at radius 2 is 1.79 bits per heavy atom. The van der Waals surface area contributed by atoms with Gasteiger partial charge in [0.1, 0.15) is 5.82 Å². The molecule has 0 atom stereocenters. The van der Waals surface area contributed by atoms with Crippen molar-refractivity contribution in [2.24, 2.45) is 0 Å². The standard InChI is InChI=1S/C23H23N5O/c1-3-20-14-22(29)26-23(25-20)28-21(12-16(2)27-28)24-15-17-8-7-11-19(13-17)18-9-5-4-6-10-18/h4-14,24H,3,15H2,1-2H3,(H,25,26,29). The van der Waals surface area contributed by atoms with Crippen LogP contribution >= 0.6 is 0 Å². The van der Waals surface area contributed by atoms with Gasteiger partial charge in [0.2, 0.25) is 5.95 Å². The molecule has 0 spiro atoms. The number of nitrogens with one attached hydrogen (secondary N) is 2. The molecule has 6 nitrogen and oxygen atoms in total. The Balaban J connectivity index is 1.59. The van der Waals surface area contributed by atoms with Crippen LogP contribution in [0, 0.1) is 6.92 Å². The molecule has 4 rings (SSSR count). The second kappa shape index (κ2) is 8.14. The number of nitrogens with zero attached hydrogens (tertiary/aromatic N) is 3. The van der Waals surface area contributed by atoms with Crippen LogP contribution in [-0.4, -0.2) is 19.7 Å². The van der Waals surface area contributed by atoms with Crippen molar-refractivity contribution in [2.75, 3.05) is 5.32 Å². The Labute approximate surface area is 169 Å². The van der Waals surface area contributed by atoms with E-state index in [1.54, 1.807) is 4.68 Å². The highest BCUT2D eigenvalue weighted by molar-refractivity contribution is 5.64. The molecule has 0 aliphatic carbocycles. The molecule has 0 fully saturated rings. The van der Waals surface area contributed by atoms with Gasteiger partial charge in [-0.1, -0.05) is 55.5 Å². The number of rotatable bonds is 6. The summed E-state index contributed by atoms with van der Waals surface area (Å²) < 4.78 is 1.65. The number of anilines is 1. The lowest BCUT2D eigenvalue weighted by Crippen LogP contribution is -2.16. The zero-order valence-corrected chi connectivity index (χ0v) is 16.5. The first-order valence-electron chi connectivity index (χ1n) is 9.68. The molecule has 0 aliphatic rings. The van der Waals surface area contributed by atoms with Crippen LogP contribution in [-0.2, 0) is 13.0 Å². The van der Waals surface area contributed by atoms with Crippen molar-refractivity contribution >= 4 is 5.82 Å². The molecule has 2 N–H and O–H groups in total. The molecule has 29 heavy (non-hydrogen) atoms. The summed E-state index contributed by atoms with van der Waals surface area (Å²) >= 11 is 0. The third-order valence-electron chi connectivity index (χ3n) is 4.68. The third kappa shape index (κ3) is 4.27. The smallest absolute Gasteiger partial charge is 0.252 e. The van der Waals surface area contributed by atoms with Gasteiger partial charge < -0.3 is 5.32 Å². The van der Waals surface area contributed by atoms with Crippen LogP contribution in [0.3, 0.4) is 0 Å². The van der Waals surface area contributed by atoms with Crippen LogP contribution in [0.2, 0.25) is 0 Å². The Morgan fingerprint density at radius 1 is 1.00 bits per heavy atom. The number of aromatic nitrogens is 4. The maximum absolute atomic E-state index is 12.0. The van der Waals surface area contributed by atoms with Crippen LogP contribution in [0.4, 0.5) is 5.82 Å². The minimum absolute atomic E-state index is 0.179. The number of aromatic amines is 1. The summed E-state index contributed by atoms with van der Waals surface area (Å²) in [5.41, 5.74) is 4.92. The predicted octanol–water partition coefficient (Wildman–Crippen LogP) is 4.11. The van der Waals surface area contributed by atoms with E-state index in [1.807, 2.05) is 38.1 Å². The SMILES string of the molecule is CCc1cc(=O)[nH]c(-n2nc(C)cc2NCc2cccc(-c3ccccc3)c2)n1. The van der Waals surface area contributed by atoms with Crippen molar-refractivity contribution in [3.05, 3.63) is 94.0 Å². The first kappa shape index (κ1) is 18.7. The minimum Gasteiger partial charge on any atom is -0.366 e. The largest absolute Gasteiger partial charge is 0.366 e. The van der Waals surface area contributed by atoms with E-state index >= 15 is 0 Å². The van der Waals surface area contributed by atoms with Crippen molar-refractivity contribution in [3.8, 4) is 17.1 Å². The summed E-state index contributed by atoms with van der Waals surface area (Å²) in [6.45, 7) is 4.52. The summed E-state index contributed by atoms with van der Waals surface area (Å²) in [6, 6.07) is 22.2. The molecule has 0 amide bonds. The topological polar surface area (TPSA) is 75.6 Å². The highest BCUT2D eigenvalue weighted by Crippen LogP contribution is 2.21. The molecule has 0 saturated heterocycles. The van der Waals surface area contributed by atoms with Gasteiger partial charge in [0, 0.05) is 24.4 Å². The van der Waals surface area contributed by atoms with Gasteiger partial charge in [0.05, 0.1) is 5.69 Å². The average Bonchev–Trinajstić information content (AvgIpc) is 3.13. The lowest BCUT2D eigenvalue weighted by Gasteiger charge is -2.11. The summed E-state index contributed by atoms with van der Waals surface area (Å²) in [4.78, 5) is 19.2. The predicted molar refractivity (Wildman–Crippen MR) is 115 cm³/mol. The van der Waals surface area contributed by atoms with Gasteiger partial charge in [0.15, 0.2) is 0 Å². The maximum atomic E-state index is 12.0. The van der Waals surface area contributed by atoms with Gasteiger partial charge in [-0.3, -0.25) is 9.78 Å². The number of aryl methyl sites for hydroxylation is 2. The molecular formula is C23H23N5O. The van der Waals surface area contributed by atoms with E-state index < -0.39 is 0 Å². The Bertz CT molecular complexity index is 1180. The molecular weight excluding hydrogens is 362 g/mol. The number of hydrogen-bond donors (Lipinski definition) is 2. The first-order chi connectivity index (χ1) is 14.1. The number of hydrogen-bond acceptors (Lipinski definition) is 4. The molecule has 0 aliphatic heterocycles. The zero-order valence-electron chi connectivity index (χ0n) is 16.5. The van der Waals surface area contributed by atoms with Gasteiger partial charge >= 0.3 is 0 Å². The van der Waals surface area contributed by atoms with Crippen molar-refractivity contribution < 1.29 is 0 Å². The molecule has 4 aromatic rings. The van der Waals surface area contributed by atoms with Gasteiger partial charge in [-0.25, -0.2) is 4.98 Å². The van der Waals surface area contributed by atoms with E-state index in [4.69, 9.17) is 0 Å². The first-order valence-corrected chi connectivity index (χ1v) is 9.68. The average molecular weight is 385 g/mol. The number of H-pyrrole nitrogens is 1. The molecule has 0 bridgehead atoms. The van der Waals surface area contributed by atoms with Gasteiger partial charge in [-0.2, -0.15) is 9.78 Å². The third-order valence-corrected chi connectivity index (χ3v) is 4.68. The van der Waals surface area contributed by atoms with Gasteiger partial charge in [0.25, 0.3) is 5.56 Å². The lowest BCUT2D eigenvalue weighted by molar-refractivity contribution is 0.777. The van der Waals surface area contributed by atoms with Crippen LogP contribution in [0.25, 0.3) is 17.1 Å². The molecule has 0 radical (unpaired) electrons. The lowest BCUT2D eigenvalue weighted by atomic mass is 10.0. The highest BCUT2D eigenvalue weighted by Gasteiger charge is 2.11. The van der Waals surface area contributed by atoms with Gasteiger partial charge in [-0.15, -0.1) is 0 Å². The molecule has 0 unspecified atom stereocenters. The quantitative estimate of drug-likeness (QED) is 0.524. The minimum atomic E-state index is -0.179. The second-order valence-electron chi connectivity index (χ2n) is 6.92. The maximum Gasteiger partial charge on any atom is 0.252 e. The molecule has 146 valence electrons. The Hall–Kier alpha value is -3.67. The summed E-state index contributed by atoms with van der Waals surface area (Å²) in [5.74, 6) is 1.20. The fourth-order valence-corrected chi connectivity index (χ4v) is 3.25. The fourth-order valence-electron chi connectivity index (χ4n) is 3.25. The van der Waals surface area contributed by atoms with Crippen molar-refractivity contribution in [1.29, 1.82) is 0 Å². The van der Waals surface area contributed by atoms with Crippen molar-refractivity contribution in [2.45, 2.75) is 26.8 Å². The second-order valence-corrected chi connectivity index (χ2v) is 6.92. The van der Waals surface area contributed by atoms with E-state index in [0.29, 0.717) is 18.9 Å². The van der Waals surface area contributed by atoms with Crippen molar-refractivity contribution in [3.63, 3.8) is 0 Å². The van der Waals surface area contributed by atoms with Crippen LogP contribution in [0.1, 0.15) is 23.9 Å². The van der Waals surface area contributed by atoms with E-state index in [9.17, 15) is 4.79 Å². The van der Waals surface area contributed by atoms with E-state index in [2.05, 4.69) is 56.8 Å². The van der Waals surface area contributed by atoms with E-state index in [-0.39, 0.29) is 5.56 Å². The molecule has 2 heterocycles. The number of benzene rings is 2. The van der Waals surface area contributed by atoms with Crippen LogP contribution in [0.15, 0.2) is 71.5 Å². The Kier molecular flexibility index (Phi) is 5.24. The van der Waals surface area contributed by atoms with Crippen LogP contribution < -0.4 is 10.9 Å². The monoisotopic (exact) mass is 385 g/mol. The fraction of sp³-hybridized carbons (Fsp3) is 0.174. The normalized spacial score (nSPS) is 10.8. The van der Waals surface area contributed by atoms with Crippen molar-refractivity contribution in [1.82, 2.24) is 19.7 Å². The molecule has 6 heteroatoms. The van der Waals surface area contributed by atoms with Gasteiger partial charge in [-0.05, 0) is 36.1 Å². The summed E-state index contributed by atoms with van der Waals surface area (Å²) in [7, 11) is 0. The van der Waals surface area contributed by atoms with E-state index in [1.165, 1.54) is 17.2 Å². The summed E-state index contributed by atoms with van der Waals surface area (Å²) in [5, 5.41) is 7.92. The van der Waals surface area contributed by atoms with E-state index in [0.717, 1.165) is 22.8 Å². The van der Waals surface area contributed by atoms with Crippen LogP contribution in [0.5, 0.6) is 0 Å². The molecule has 2 aromatic carbocycles. The zero-order chi connectivity index (χ0) is 20.2.